The van der Waals surface area contributed by atoms with E-state index in [-0.39, 0.29) is 22.8 Å². The largest absolute Gasteiger partial charge is 0.493 e. The number of benzene rings is 2. The van der Waals surface area contributed by atoms with Gasteiger partial charge in [-0.05, 0) is 61.7 Å². The Morgan fingerprint density at radius 3 is 2.26 bits per heavy atom. The molecule has 0 saturated carbocycles. The van der Waals surface area contributed by atoms with E-state index in [1.54, 1.807) is 6.07 Å². The van der Waals surface area contributed by atoms with Gasteiger partial charge in [0.05, 0.1) is 12.7 Å². The van der Waals surface area contributed by atoms with E-state index in [0.29, 0.717) is 5.56 Å². The first kappa shape index (κ1) is 20.4. The lowest BCUT2D eigenvalue weighted by Gasteiger charge is -2.12. The van der Waals surface area contributed by atoms with Crippen LogP contribution in [0, 0.1) is 20.8 Å². The fourth-order valence-electron chi connectivity index (χ4n) is 2.54. The third-order valence-electron chi connectivity index (χ3n) is 4.09. The van der Waals surface area contributed by atoms with E-state index in [0.717, 1.165) is 16.7 Å². The lowest BCUT2D eigenvalue weighted by Crippen LogP contribution is -2.15. The Hall–Kier alpha value is -2.96. The molecule has 2 aromatic carbocycles. The minimum atomic E-state index is -3.02. The molecule has 0 spiro atoms. The average Bonchev–Trinajstić information content (AvgIpc) is 2.62. The van der Waals surface area contributed by atoms with E-state index in [1.807, 2.05) is 26.8 Å². The highest BCUT2D eigenvalue weighted by atomic mass is 19.3. The Labute approximate surface area is 155 Å². The molecule has 0 aliphatic rings. The number of carbonyl (C=O) groups excluding carboxylic acids is 2. The number of ether oxygens (including phenoxy) is 3. The maximum atomic E-state index is 12.4. The van der Waals surface area contributed by atoms with Crippen LogP contribution in [0.1, 0.15) is 37.4 Å². The molecule has 0 aliphatic heterocycles. The predicted molar refractivity (Wildman–Crippen MR) is 94.9 cm³/mol. The summed E-state index contributed by atoms with van der Waals surface area (Å²) in [5.74, 6) is -1.34. The van der Waals surface area contributed by atoms with Crippen molar-refractivity contribution in [2.75, 3.05) is 13.7 Å². The van der Waals surface area contributed by atoms with Crippen molar-refractivity contribution in [3.05, 3.63) is 58.1 Å². The van der Waals surface area contributed by atoms with Gasteiger partial charge in [0.2, 0.25) is 5.78 Å². The zero-order valence-corrected chi connectivity index (χ0v) is 15.5. The molecular weight excluding hydrogens is 358 g/mol. The van der Waals surface area contributed by atoms with Crippen molar-refractivity contribution in [1.82, 2.24) is 0 Å². The van der Waals surface area contributed by atoms with Gasteiger partial charge >= 0.3 is 12.6 Å². The molecule has 0 aliphatic carbocycles. The lowest BCUT2D eigenvalue weighted by atomic mass is 9.98. The van der Waals surface area contributed by atoms with Crippen LogP contribution in [0.2, 0.25) is 0 Å². The number of ketones is 1. The van der Waals surface area contributed by atoms with Crippen LogP contribution in [0.5, 0.6) is 11.5 Å². The predicted octanol–water partition coefficient (Wildman–Crippen LogP) is 4.26. The molecule has 0 saturated heterocycles. The molecule has 0 fully saturated rings. The van der Waals surface area contributed by atoms with Crippen molar-refractivity contribution in [3.63, 3.8) is 0 Å². The van der Waals surface area contributed by atoms with Gasteiger partial charge in [0.15, 0.2) is 18.1 Å². The summed E-state index contributed by atoms with van der Waals surface area (Å²) < 4.78 is 39.0. The molecule has 0 bridgehead atoms. The van der Waals surface area contributed by atoms with E-state index < -0.39 is 19.2 Å². The Kier molecular flexibility index (Phi) is 6.50. The van der Waals surface area contributed by atoms with Crippen molar-refractivity contribution < 1.29 is 32.6 Å². The maximum Gasteiger partial charge on any atom is 0.387 e. The monoisotopic (exact) mass is 378 g/mol. The average molecular weight is 378 g/mol. The van der Waals surface area contributed by atoms with Crippen molar-refractivity contribution in [2.24, 2.45) is 0 Å². The van der Waals surface area contributed by atoms with Gasteiger partial charge in [-0.15, -0.1) is 0 Å². The van der Waals surface area contributed by atoms with E-state index >= 15 is 0 Å². The van der Waals surface area contributed by atoms with Crippen LogP contribution in [0.3, 0.4) is 0 Å². The summed E-state index contributed by atoms with van der Waals surface area (Å²) in [6.07, 6.45) is 0. The van der Waals surface area contributed by atoms with Crippen LogP contribution >= 0.6 is 0 Å². The van der Waals surface area contributed by atoms with Gasteiger partial charge in [-0.2, -0.15) is 8.78 Å². The van der Waals surface area contributed by atoms with Gasteiger partial charge in [0.25, 0.3) is 0 Å². The fourth-order valence-corrected chi connectivity index (χ4v) is 2.54. The number of rotatable bonds is 7. The summed E-state index contributed by atoms with van der Waals surface area (Å²) in [6, 6.07) is 7.31. The van der Waals surface area contributed by atoms with Crippen molar-refractivity contribution >= 4 is 11.8 Å². The molecule has 7 heteroatoms. The molecule has 0 amide bonds. The van der Waals surface area contributed by atoms with Crippen LogP contribution < -0.4 is 9.47 Å². The normalized spacial score (nSPS) is 10.6. The highest BCUT2D eigenvalue weighted by Gasteiger charge is 2.17. The SMILES string of the molecule is COc1cc(C(=O)OCC(=O)c2cc(C)c(C)cc2C)ccc1OC(F)F. The van der Waals surface area contributed by atoms with Gasteiger partial charge < -0.3 is 14.2 Å². The molecule has 0 aromatic heterocycles. The third-order valence-corrected chi connectivity index (χ3v) is 4.09. The summed E-state index contributed by atoms with van der Waals surface area (Å²) in [7, 11) is 1.26. The molecule has 0 atom stereocenters. The highest BCUT2D eigenvalue weighted by molar-refractivity contribution is 6.00. The van der Waals surface area contributed by atoms with E-state index in [1.165, 1.54) is 25.3 Å². The molecule has 0 N–H and O–H groups in total. The van der Waals surface area contributed by atoms with Crippen LogP contribution in [0.15, 0.2) is 30.3 Å². The Bertz CT molecular complexity index is 862. The number of Topliss-reactive ketones (excluding diaryl/α,β-unsaturated/α-hetero) is 1. The fraction of sp³-hybridized carbons (Fsp3) is 0.300. The molecule has 0 unspecified atom stereocenters. The summed E-state index contributed by atoms with van der Waals surface area (Å²) >= 11 is 0. The Morgan fingerprint density at radius 1 is 0.963 bits per heavy atom. The van der Waals surface area contributed by atoms with Crippen molar-refractivity contribution in [3.8, 4) is 11.5 Å². The summed E-state index contributed by atoms with van der Waals surface area (Å²) in [5.41, 5.74) is 3.38. The summed E-state index contributed by atoms with van der Waals surface area (Å²) in [5, 5.41) is 0. The molecular formula is C20H20F2O5. The summed E-state index contributed by atoms with van der Waals surface area (Å²) in [6.45, 7) is 2.21. The van der Waals surface area contributed by atoms with Gasteiger partial charge in [-0.25, -0.2) is 4.79 Å². The third kappa shape index (κ3) is 5.03. The highest BCUT2D eigenvalue weighted by Crippen LogP contribution is 2.29. The summed E-state index contributed by atoms with van der Waals surface area (Å²) in [4.78, 5) is 24.5. The van der Waals surface area contributed by atoms with Gasteiger partial charge in [0.1, 0.15) is 0 Å². The zero-order valence-electron chi connectivity index (χ0n) is 15.5. The van der Waals surface area contributed by atoms with Crippen molar-refractivity contribution in [1.29, 1.82) is 0 Å². The minimum absolute atomic E-state index is 0.0407. The molecule has 144 valence electrons. The van der Waals surface area contributed by atoms with Crippen molar-refractivity contribution in [2.45, 2.75) is 27.4 Å². The Morgan fingerprint density at radius 2 is 1.63 bits per heavy atom. The second kappa shape index (κ2) is 8.62. The topological polar surface area (TPSA) is 61.8 Å². The number of aryl methyl sites for hydroxylation is 3. The Balaban J connectivity index is 2.09. The maximum absolute atomic E-state index is 12.4. The van der Waals surface area contributed by atoms with Crippen LogP contribution in [-0.4, -0.2) is 32.1 Å². The molecule has 2 rings (SSSR count). The van der Waals surface area contributed by atoms with E-state index in [9.17, 15) is 18.4 Å². The standard InChI is InChI=1S/C20H20F2O5/c1-11-7-13(3)15(8-12(11)2)16(23)10-26-19(24)14-5-6-17(27-20(21)22)18(9-14)25-4/h5-9,20H,10H2,1-4H3. The smallest absolute Gasteiger partial charge is 0.387 e. The molecule has 5 nitrogen and oxygen atoms in total. The number of hydrogen-bond acceptors (Lipinski definition) is 5. The first-order valence-corrected chi connectivity index (χ1v) is 8.14. The quantitative estimate of drug-likeness (QED) is 0.532. The lowest BCUT2D eigenvalue weighted by molar-refractivity contribution is -0.0512. The second-order valence-electron chi connectivity index (χ2n) is 5.99. The van der Waals surface area contributed by atoms with Crippen LogP contribution in [0.4, 0.5) is 8.78 Å². The molecule has 2 aromatic rings. The number of carbonyl (C=O) groups is 2. The van der Waals surface area contributed by atoms with E-state index in [4.69, 9.17) is 9.47 Å². The zero-order chi connectivity index (χ0) is 20.1. The molecule has 0 heterocycles. The van der Waals surface area contributed by atoms with E-state index in [2.05, 4.69) is 4.74 Å². The number of esters is 1. The molecule has 0 radical (unpaired) electrons. The number of alkyl halides is 2. The van der Waals surface area contributed by atoms with Gasteiger partial charge in [-0.3, -0.25) is 4.79 Å². The van der Waals surface area contributed by atoms with Gasteiger partial charge in [-0.1, -0.05) is 6.07 Å². The molecule has 27 heavy (non-hydrogen) atoms. The van der Waals surface area contributed by atoms with Crippen LogP contribution in [0.25, 0.3) is 0 Å². The second-order valence-corrected chi connectivity index (χ2v) is 5.99. The number of halogens is 2. The number of methoxy groups -OCH3 is 1. The van der Waals surface area contributed by atoms with Crippen LogP contribution in [-0.2, 0) is 4.74 Å². The number of hydrogen-bond donors (Lipinski definition) is 0. The first-order chi connectivity index (χ1) is 12.7. The van der Waals surface area contributed by atoms with Gasteiger partial charge in [0, 0.05) is 5.56 Å². The minimum Gasteiger partial charge on any atom is -0.493 e. The first-order valence-electron chi connectivity index (χ1n) is 8.14.